The smallest absolute Gasteiger partial charge is 0.336 e. The van der Waals surface area contributed by atoms with Gasteiger partial charge in [0.1, 0.15) is 5.82 Å². The minimum Gasteiger partial charge on any atom is -0.459 e. The van der Waals surface area contributed by atoms with Crippen LogP contribution in [-0.4, -0.2) is 67.7 Å². The number of hydrogen-bond acceptors (Lipinski definition) is 8. The summed E-state index contributed by atoms with van der Waals surface area (Å²) in [6.07, 6.45) is 6.77. The zero-order chi connectivity index (χ0) is 24.2. The molecule has 0 aromatic carbocycles. The first kappa shape index (κ1) is 23.7. The summed E-state index contributed by atoms with van der Waals surface area (Å²) in [5, 5.41) is 4.54. The van der Waals surface area contributed by atoms with Crippen LogP contribution in [0.3, 0.4) is 0 Å². The SMILES string of the molecule is CCCC(C)Oc1nc(N)c2ncc(Cc3cnc(N4CCN(C(=O)CC)CC4)c(C)c3)n2n1. The minimum atomic E-state index is 0.00942. The average Bonchev–Trinajstić information content (AvgIpc) is 3.22. The molecule has 182 valence electrons. The summed E-state index contributed by atoms with van der Waals surface area (Å²) in [5.74, 6) is 1.48. The zero-order valence-electron chi connectivity index (χ0n) is 20.5. The zero-order valence-corrected chi connectivity index (χ0v) is 20.5. The molecule has 3 aromatic rings. The van der Waals surface area contributed by atoms with Gasteiger partial charge in [0.25, 0.3) is 0 Å². The lowest BCUT2D eigenvalue weighted by Gasteiger charge is -2.36. The van der Waals surface area contributed by atoms with Crippen LogP contribution in [-0.2, 0) is 11.2 Å². The molecule has 1 unspecified atom stereocenters. The van der Waals surface area contributed by atoms with Crippen LogP contribution in [0.2, 0.25) is 0 Å². The number of hydrogen-bond donors (Lipinski definition) is 1. The number of carbonyl (C=O) groups excluding carboxylic acids is 1. The van der Waals surface area contributed by atoms with Crippen molar-refractivity contribution in [3.63, 3.8) is 0 Å². The molecule has 0 aliphatic carbocycles. The van der Waals surface area contributed by atoms with Crippen LogP contribution in [0.4, 0.5) is 11.6 Å². The van der Waals surface area contributed by atoms with Gasteiger partial charge >= 0.3 is 6.01 Å². The normalized spacial score (nSPS) is 15.1. The lowest BCUT2D eigenvalue weighted by Crippen LogP contribution is -2.49. The molecule has 0 saturated carbocycles. The topological polar surface area (TPSA) is 115 Å². The fourth-order valence-corrected chi connectivity index (χ4v) is 4.40. The number of ether oxygens (including phenoxy) is 1. The van der Waals surface area contributed by atoms with Crippen molar-refractivity contribution in [2.75, 3.05) is 36.8 Å². The van der Waals surface area contributed by atoms with E-state index in [0.29, 0.717) is 24.3 Å². The van der Waals surface area contributed by atoms with Gasteiger partial charge in [0.05, 0.1) is 18.0 Å². The Kier molecular flexibility index (Phi) is 7.14. The van der Waals surface area contributed by atoms with E-state index in [1.165, 1.54) is 0 Å². The van der Waals surface area contributed by atoms with Crippen molar-refractivity contribution < 1.29 is 9.53 Å². The number of carbonyl (C=O) groups is 1. The maximum Gasteiger partial charge on any atom is 0.336 e. The number of amides is 1. The Hall–Kier alpha value is -3.43. The second-order valence-electron chi connectivity index (χ2n) is 8.86. The number of fused-ring (bicyclic) bond motifs is 1. The molecule has 1 saturated heterocycles. The highest BCUT2D eigenvalue weighted by Gasteiger charge is 2.22. The molecule has 1 amide bonds. The first-order valence-corrected chi connectivity index (χ1v) is 12.0. The molecule has 4 heterocycles. The predicted octanol–water partition coefficient (Wildman–Crippen LogP) is 2.63. The molecule has 4 rings (SSSR count). The minimum absolute atomic E-state index is 0.00942. The van der Waals surface area contributed by atoms with E-state index < -0.39 is 0 Å². The number of nitrogen functional groups attached to an aromatic ring is 1. The van der Waals surface area contributed by atoms with Gasteiger partial charge in [0.2, 0.25) is 5.91 Å². The molecule has 10 heteroatoms. The van der Waals surface area contributed by atoms with Gasteiger partial charge in [-0.25, -0.2) is 14.5 Å². The number of nitrogens with two attached hydrogens (primary N) is 1. The number of nitrogens with zero attached hydrogens (tertiary/aromatic N) is 7. The van der Waals surface area contributed by atoms with Crippen molar-refractivity contribution in [2.24, 2.45) is 0 Å². The Balaban J connectivity index is 1.50. The van der Waals surface area contributed by atoms with Crippen LogP contribution >= 0.6 is 0 Å². The standard InChI is InChI=1S/C24H34N8O2/c1-5-7-17(4)34-24-28-21(25)23-27-15-19(32(23)29-24)13-18-12-16(3)22(26-14-18)31-10-8-30(9-11-31)20(33)6-2/h12,14-15,17H,5-11,13H2,1-4H3,(H2,25,28,29). The Morgan fingerprint density at radius 2 is 1.94 bits per heavy atom. The van der Waals surface area contributed by atoms with Gasteiger partial charge in [0, 0.05) is 45.2 Å². The molecule has 3 aromatic heterocycles. The summed E-state index contributed by atoms with van der Waals surface area (Å²) >= 11 is 0. The first-order valence-electron chi connectivity index (χ1n) is 12.0. The van der Waals surface area contributed by atoms with Gasteiger partial charge in [-0.3, -0.25) is 4.79 Å². The number of piperazine rings is 1. The molecule has 1 aliphatic rings. The number of pyridine rings is 1. The average molecular weight is 467 g/mol. The van der Waals surface area contributed by atoms with Crippen LogP contribution in [0, 0.1) is 6.92 Å². The highest BCUT2D eigenvalue weighted by molar-refractivity contribution is 5.76. The second-order valence-corrected chi connectivity index (χ2v) is 8.86. The third kappa shape index (κ3) is 5.05. The summed E-state index contributed by atoms with van der Waals surface area (Å²) in [6.45, 7) is 11.2. The van der Waals surface area contributed by atoms with E-state index in [-0.39, 0.29) is 18.0 Å². The van der Waals surface area contributed by atoms with Gasteiger partial charge in [-0.15, -0.1) is 5.10 Å². The van der Waals surface area contributed by atoms with Crippen molar-refractivity contribution in [2.45, 2.75) is 59.5 Å². The Bertz CT molecular complexity index is 1150. The summed E-state index contributed by atoms with van der Waals surface area (Å²) in [7, 11) is 0. The van der Waals surface area contributed by atoms with Crippen molar-refractivity contribution in [1.29, 1.82) is 0 Å². The van der Waals surface area contributed by atoms with E-state index in [4.69, 9.17) is 15.5 Å². The van der Waals surface area contributed by atoms with E-state index in [2.05, 4.69) is 39.9 Å². The number of rotatable bonds is 8. The van der Waals surface area contributed by atoms with Crippen LogP contribution < -0.4 is 15.4 Å². The highest BCUT2D eigenvalue weighted by Crippen LogP contribution is 2.22. The van der Waals surface area contributed by atoms with Crippen LogP contribution in [0.1, 0.15) is 56.9 Å². The van der Waals surface area contributed by atoms with Crippen molar-refractivity contribution in [1.82, 2.24) is 29.5 Å². The quantitative estimate of drug-likeness (QED) is 0.539. The molecule has 34 heavy (non-hydrogen) atoms. The lowest BCUT2D eigenvalue weighted by atomic mass is 10.1. The monoisotopic (exact) mass is 466 g/mol. The molecule has 0 spiro atoms. The van der Waals surface area contributed by atoms with Gasteiger partial charge in [-0.2, -0.15) is 4.98 Å². The van der Waals surface area contributed by atoms with Crippen LogP contribution in [0.25, 0.3) is 5.65 Å². The Morgan fingerprint density at radius 3 is 2.62 bits per heavy atom. The molecule has 10 nitrogen and oxygen atoms in total. The number of aryl methyl sites for hydroxylation is 1. The van der Waals surface area contributed by atoms with Crippen LogP contribution in [0.5, 0.6) is 6.01 Å². The number of aromatic nitrogens is 5. The Labute approximate surface area is 200 Å². The summed E-state index contributed by atoms with van der Waals surface area (Å²) in [4.78, 5) is 29.6. The summed E-state index contributed by atoms with van der Waals surface area (Å²) in [6, 6.07) is 2.41. The first-order chi connectivity index (χ1) is 16.4. The molecule has 1 fully saturated rings. The fraction of sp³-hybridized carbons (Fsp3) is 0.542. The fourth-order valence-electron chi connectivity index (χ4n) is 4.40. The molecule has 0 bridgehead atoms. The predicted molar refractivity (Wildman–Crippen MR) is 131 cm³/mol. The molecule has 1 aliphatic heterocycles. The molecular weight excluding hydrogens is 432 g/mol. The van der Waals surface area contributed by atoms with Crippen molar-refractivity contribution in [3.05, 3.63) is 35.3 Å². The largest absolute Gasteiger partial charge is 0.459 e. The van der Waals surface area contributed by atoms with Gasteiger partial charge in [-0.05, 0) is 31.4 Å². The third-order valence-electron chi connectivity index (χ3n) is 6.17. The van der Waals surface area contributed by atoms with E-state index >= 15 is 0 Å². The summed E-state index contributed by atoms with van der Waals surface area (Å²) < 4.78 is 7.57. The second kappa shape index (κ2) is 10.2. The van der Waals surface area contributed by atoms with E-state index in [0.717, 1.165) is 61.7 Å². The maximum absolute atomic E-state index is 11.9. The van der Waals surface area contributed by atoms with E-state index in [9.17, 15) is 4.79 Å². The van der Waals surface area contributed by atoms with Gasteiger partial charge in [0.15, 0.2) is 11.5 Å². The van der Waals surface area contributed by atoms with Crippen molar-refractivity contribution in [3.8, 4) is 6.01 Å². The molecule has 1 atom stereocenters. The lowest BCUT2D eigenvalue weighted by molar-refractivity contribution is -0.131. The van der Waals surface area contributed by atoms with Gasteiger partial charge in [-0.1, -0.05) is 26.3 Å². The number of imidazole rings is 1. The third-order valence-corrected chi connectivity index (χ3v) is 6.17. The van der Waals surface area contributed by atoms with Crippen molar-refractivity contribution >= 4 is 23.2 Å². The molecule has 2 N–H and O–H groups in total. The Morgan fingerprint density at radius 1 is 1.18 bits per heavy atom. The van der Waals surface area contributed by atoms with Crippen LogP contribution in [0.15, 0.2) is 18.5 Å². The highest BCUT2D eigenvalue weighted by atomic mass is 16.5. The molecule has 0 radical (unpaired) electrons. The molecular formula is C24H34N8O2. The van der Waals surface area contributed by atoms with E-state index in [1.807, 2.05) is 24.9 Å². The number of anilines is 2. The van der Waals surface area contributed by atoms with E-state index in [1.54, 1.807) is 10.7 Å². The maximum atomic E-state index is 11.9. The summed E-state index contributed by atoms with van der Waals surface area (Å²) in [5.41, 5.74) is 9.69. The van der Waals surface area contributed by atoms with Gasteiger partial charge < -0.3 is 20.3 Å².